The zero-order valence-electron chi connectivity index (χ0n) is 14.2. The van der Waals surface area contributed by atoms with E-state index in [1.807, 2.05) is 48.1 Å². The maximum Gasteiger partial charge on any atom is 0.315 e. The first-order chi connectivity index (χ1) is 11.7. The van der Waals surface area contributed by atoms with Crippen LogP contribution in [0.2, 0.25) is 0 Å². The van der Waals surface area contributed by atoms with Gasteiger partial charge in [-0.05, 0) is 38.3 Å². The second-order valence-corrected chi connectivity index (χ2v) is 6.21. The van der Waals surface area contributed by atoms with Crippen molar-refractivity contribution in [3.8, 4) is 5.69 Å². The normalized spacial score (nSPS) is 20.1. The van der Waals surface area contributed by atoms with Crippen LogP contribution in [-0.2, 0) is 11.3 Å². The van der Waals surface area contributed by atoms with Gasteiger partial charge in [-0.25, -0.2) is 9.48 Å². The lowest BCUT2D eigenvalue weighted by molar-refractivity contribution is 0.107. The van der Waals surface area contributed by atoms with E-state index in [9.17, 15) is 4.79 Å². The molecule has 2 aromatic rings. The molecule has 1 fully saturated rings. The summed E-state index contributed by atoms with van der Waals surface area (Å²) in [6.45, 7) is 2.42. The van der Waals surface area contributed by atoms with Crippen molar-refractivity contribution in [3.63, 3.8) is 0 Å². The molecule has 0 saturated heterocycles. The van der Waals surface area contributed by atoms with Crippen molar-refractivity contribution in [2.75, 3.05) is 7.11 Å². The molecule has 128 valence electrons. The van der Waals surface area contributed by atoms with Gasteiger partial charge >= 0.3 is 6.03 Å². The molecule has 0 radical (unpaired) electrons. The van der Waals surface area contributed by atoms with Crippen molar-refractivity contribution >= 4 is 6.03 Å². The van der Waals surface area contributed by atoms with Gasteiger partial charge in [0.05, 0.1) is 17.5 Å². The van der Waals surface area contributed by atoms with Gasteiger partial charge in [-0.1, -0.05) is 18.2 Å². The summed E-state index contributed by atoms with van der Waals surface area (Å²) in [5.41, 5.74) is 2.93. The Hall–Kier alpha value is -2.34. The number of aromatic nitrogens is 2. The first-order valence-corrected chi connectivity index (χ1v) is 8.33. The first kappa shape index (κ1) is 16.5. The highest BCUT2D eigenvalue weighted by Crippen LogP contribution is 2.21. The SMILES string of the molecule is COC1CCC(NC(=O)NCc2cn(-c3ccccc3)nc2C)C1. The number of carbonyl (C=O) groups is 1. The van der Waals surface area contributed by atoms with Crippen molar-refractivity contribution in [2.24, 2.45) is 0 Å². The topological polar surface area (TPSA) is 68.2 Å². The van der Waals surface area contributed by atoms with Gasteiger partial charge in [0.25, 0.3) is 0 Å². The molecule has 3 rings (SSSR count). The number of nitrogens with zero attached hydrogens (tertiary/aromatic N) is 2. The number of hydrogen-bond acceptors (Lipinski definition) is 3. The zero-order chi connectivity index (χ0) is 16.9. The van der Waals surface area contributed by atoms with Gasteiger partial charge in [0, 0.05) is 31.5 Å². The first-order valence-electron chi connectivity index (χ1n) is 8.33. The van der Waals surface area contributed by atoms with E-state index in [1.165, 1.54) is 0 Å². The standard InChI is InChI=1S/C18H24N4O2/c1-13-14(12-22(21-13)16-6-4-3-5-7-16)11-19-18(23)20-15-8-9-17(10-15)24-2/h3-7,12,15,17H,8-11H2,1-2H3,(H2,19,20,23). The average molecular weight is 328 g/mol. The van der Waals surface area contributed by atoms with Crippen LogP contribution < -0.4 is 10.6 Å². The fraction of sp³-hybridized carbons (Fsp3) is 0.444. The Morgan fingerprint density at radius 2 is 2.12 bits per heavy atom. The molecule has 2 unspecified atom stereocenters. The van der Waals surface area contributed by atoms with E-state index < -0.39 is 0 Å². The molecular weight excluding hydrogens is 304 g/mol. The van der Waals surface area contributed by atoms with Crippen LogP contribution in [0.1, 0.15) is 30.5 Å². The molecule has 1 aromatic carbocycles. The Kier molecular flexibility index (Phi) is 5.15. The summed E-state index contributed by atoms with van der Waals surface area (Å²) in [6.07, 6.45) is 5.08. The fourth-order valence-electron chi connectivity index (χ4n) is 3.08. The number of amides is 2. The predicted octanol–water partition coefficient (Wildman–Crippen LogP) is 2.55. The van der Waals surface area contributed by atoms with Crippen LogP contribution in [0.5, 0.6) is 0 Å². The maximum atomic E-state index is 12.1. The van der Waals surface area contributed by atoms with E-state index in [2.05, 4.69) is 15.7 Å². The molecule has 1 heterocycles. The van der Waals surface area contributed by atoms with Gasteiger partial charge in [0.1, 0.15) is 0 Å². The number of para-hydroxylation sites is 1. The number of ether oxygens (including phenoxy) is 1. The fourth-order valence-corrected chi connectivity index (χ4v) is 3.08. The summed E-state index contributed by atoms with van der Waals surface area (Å²) in [6, 6.07) is 10.0. The molecule has 1 aliphatic carbocycles. The highest BCUT2D eigenvalue weighted by molar-refractivity contribution is 5.74. The van der Waals surface area contributed by atoms with E-state index in [0.29, 0.717) is 6.54 Å². The molecule has 6 heteroatoms. The molecule has 24 heavy (non-hydrogen) atoms. The van der Waals surface area contributed by atoms with Crippen molar-refractivity contribution in [1.82, 2.24) is 20.4 Å². The van der Waals surface area contributed by atoms with Gasteiger partial charge in [0.2, 0.25) is 0 Å². The summed E-state index contributed by atoms with van der Waals surface area (Å²) in [5, 5.41) is 10.4. The number of hydrogen-bond donors (Lipinski definition) is 2. The lowest BCUT2D eigenvalue weighted by Crippen LogP contribution is -2.40. The lowest BCUT2D eigenvalue weighted by atomic mass is 10.2. The Morgan fingerprint density at radius 1 is 1.33 bits per heavy atom. The average Bonchev–Trinajstić information content (AvgIpc) is 3.20. The predicted molar refractivity (Wildman–Crippen MR) is 92.1 cm³/mol. The molecular formula is C18H24N4O2. The minimum atomic E-state index is -0.136. The van der Waals surface area contributed by atoms with E-state index in [4.69, 9.17) is 4.74 Å². The van der Waals surface area contributed by atoms with Crippen LogP contribution in [0.3, 0.4) is 0 Å². The molecule has 1 aromatic heterocycles. The van der Waals surface area contributed by atoms with Crippen LogP contribution in [0.4, 0.5) is 4.79 Å². The highest BCUT2D eigenvalue weighted by atomic mass is 16.5. The Balaban J connectivity index is 1.53. The van der Waals surface area contributed by atoms with Gasteiger partial charge in [-0.3, -0.25) is 0 Å². The highest BCUT2D eigenvalue weighted by Gasteiger charge is 2.25. The summed E-state index contributed by atoms with van der Waals surface area (Å²) < 4.78 is 7.17. The number of carbonyl (C=O) groups excluding carboxylic acids is 1. The minimum Gasteiger partial charge on any atom is -0.381 e. The molecule has 0 aliphatic heterocycles. The molecule has 2 N–H and O–H groups in total. The van der Waals surface area contributed by atoms with Gasteiger partial charge in [0.15, 0.2) is 0 Å². The van der Waals surface area contributed by atoms with Gasteiger partial charge in [-0.15, -0.1) is 0 Å². The summed E-state index contributed by atoms with van der Waals surface area (Å²) in [5.74, 6) is 0. The Labute approximate surface area is 142 Å². The monoisotopic (exact) mass is 328 g/mol. The summed E-state index contributed by atoms with van der Waals surface area (Å²) in [7, 11) is 1.72. The molecule has 1 aliphatic rings. The Morgan fingerprint density at radius 3 is 2.83 bits per heavy atom. The van der Waals surface area contributed by atoms with Gasteiger partial charge < -0.3 is 15.4 Å². The molecule has 2 amide bonds. The molecule has 0 bridgehead atoms. The summed E-state index contributed by atoms with van der Waals surface area (Å²) in [4.78, 5) is 12.1. The number of rotatable bonds is 5. The maximum absolute atomic E-state index is 12.1. The van der Waals surface area contributed by atoms with Crippen LogP contribution in [-0.4, -0.2) is 35.1 Å². The van der Waals surface area contributed by atoms with Crippen molar-refractivity contribution in [1.29, 1.82) is 0 Å². The van der Waals surface area contributed by atoms with E-state index >= 15 is 0 Å². The van der Waals surface area contributed by atoms with Crippen molar-refractivity contribution in [2.45, 2.75) is 44.9 Å². The minimum absolute atomic E-state index is 0.136. The molecule has 0 spiro atoms. The van der Waals surface area contributed by atoms with E-state index in [1.54, 1.807) is 7.11 Å². The number of methoxy groups -OCH3 is 1. The second-order valence-electron chi connectivity index (χ2n) is 6.21. The largest absolute Gasteiger partial charge is 0.381 e. The van der Waals surface area contributed by atoms with Crippen molar-refractivity contribution in [3.05, 3.63) is 47.8 Å². The Bertz CT molecular complexity index is 684. The number of urea groups is 1. The van der Waals surface area contributed by atoms with Crippen LogP contribution >= 0.6 is 0 Å². The number of nitrogens with one attached hydrogen (secondary N) is 2. The summed E-state index contributed by atoms with van der Waals surface area (Å²) >= 11 is 0. The zero-order valence-corrected chi connectivity index (χ0v) is 14.2. The molecule has 1 saturated carbocycles. The van der Waals surface area contributed by atoms with Crippen LogP contribution in [0, 0.1) is 6.92 Å². The third-order valence-electron chi connectivity index (χ3n) is 4.51. The molecule has 6 nitrogen and oxygen atoms in total. The van der Waals surface area contributed by atoms with E-state index in [-0.39, 0.29) is 18.2 Å². The third kappa shape index (κ3) is 3.94. The lowest BCUT2D eigenvalue weighted by Gasteiger charge is -2.13. The van der Waals surface area contributed by atoms with Gasteiger partial charge in [-0.2, -0.15) is 5.10 Å². The van der Waals surface area contributed by atoms with E-state index in [0.717, 1.165) is 36.2 Å². The molecule has 2 atom stereocenters. The van der Waals surface area contributed by atoms with Crippen LogP contribution in [0.15, 0.2) is 36.5 Å². The van der Waals surface area contributed by atoms with Crippen LogP contribution in [0.25, 0.3) is 5.69 Å². The quantitative estimate of drug-likeness (QED) is 0.886. The number of aryl methyl sites for hydroxylation is 1. The smallest absolute Gasteiger partial charge is 0.315 e. The third-order valence-corrected chi connectivity index (χ3v) is 4.51. The van der Waals surface area contributed by atoms with Crippen molar-refractivity contribution < 1.29 is 9.53 Å². The number of benzene rings is 1. The second kappa shape index (κ2) is 7.49.